The van der Waals surface area contributed by atoms with Gasteiger partial charge in [0, 0.05) is 6.04 Å². The summed E-state index contributed by atoms with van der Waals surface area (Å²) in [7, 11) is 0. The first kappa shape index (κ1) is 14.5. The lowest BCUT2D eigenvalue weighted by Gasteiger charge is -2.27. The summed E-state index contributed by atoms with van der Waals surface area (Å²) in [6, 6.07) is 6.38. The molecule has 2 atom stereocenters. The molecular formula is C16H24FNO. The molecule has 2 rings (SSSR count). The minimum absolute atomic E-state index is 0.0888. The van der Waals surface area contributed by atoms with Crippen molar-refractivity contribution in [1.82, 2.24) is 0 Å². The summed E-state index contributed by atoms with van der Waals surface area (Å²) in [4.78, 5) is 0. The van der Waals surface area contributed by atoms with E-state index in [1.54, 1.807) is 12.1 Å². The highest BCUT2D eigenvalue weighted by molar-refractivity contribution is 5.19. The van der Waals surface area contributed by atoms with Crippen LogP contribution in [0, 0.1) is 11.7 Å². The standard InChI is InChI=1S/C16H24FNO/c1-12(18)16(14-7-9-15(17)10-8-14)19-11-13-5-3-2-4-6-13/h7-10,12-13,16H,2-6,11,18H2,1H3. The van der Waals surface area contributed by atoms with Gasteiger partial charge in [-0.2, -0.15) is 0 Å². The van der Waals surface area contributed by atoms with Crippen LogP contribution in [0.25, 0.3) is 0 Å². The molecule has 19 heavy (non-hydrogen) atoms. The van der Waals surface area contributed by atoms with E-state index in [4.69, 9.17) is 10.5 Å². The van der Waals surface area contributed by atoms with E-state index in [0.717, 1.165) is 12.2 Å². The van der Waals surface area contributed by atoms with Crippen LogP contribution < -0.4 is 5.73 Å². The first-order valence-corrected chi connectivity index (χ1v) is 7.29. The minimum atomic E-state index is -0.223. The Morgan fingerprint density at radius 2 is 1.84 bits per heavy atom. The van der Waals surface area contributed by atoms with Crippen LogP contribution in [0.1, 0.15) is 50.7 Å². The van der Waals surface area contributed by atoms with Gasteiger partial charge in [-0.15, -0.1) is 0 Å². The molecular weight excluding hydrogens is 241 g/mol. The van der Waals surface area contributed by atoms with E-state index in [9.17, 15) is 4.39 Å². The Hall–Kier alpha value is -0.930. The molecule has 0 radical (unpaired) electrons. The Bertz CT molecular complexity index is 371. The Kier molecular flexibility index (Phi) is 5.34. The molecule has 0 spiro atoms. The third kappa shape index (κ3) is 4.29. The SMILES string of the molecule is CC(N)C(OCC1CCCCC1)c1ccc(F)cc1. The molecule has 106 valence electrons. The van der Waals surface area contributed by atoms with E-state index in [-0.39, 0.29) is 18.0 Å². The normalized spacial score (nSPS) is 20.2. The van der Waals surface area contributed by atoms with Crippen LogP contribution in [0.2, 0.25) is 0 Å². The average Bonchev–Trinajstić information content (AvgIpc) is 2.42. The van der Waals surface area contributed by atoms with Gasteiger partial charge < -0.3 is 10.5 Å². The van der Waals surface area contributed by atoms with Gasteiger partial charge in [0.15, 0.2) is 0 Å². The molecule has 2 N–H and O–H groups in total. The second-order valence-electron chi connectivity index (χ2n) is 5.67. The Balaban J connectivity index is 1.94. The molecule has 1 aromatic carbocycles. The van der Waals surface area contributed by atoms with Gasteiger partial charge in [0.25, 0.3) is 0 Å². The monoisotopic (exact) mass is 265 g/mol. The summed E-state index contributed by atoms with van der Waals surface area (Å²) >= 11 is 0. The lowest BCUT2D eigenvalue weighted by atomic mass is 9.90. The molecule has 0 bridgehead atoms. The van der Waals surface area contributed by atoms with Crippen molar-refractivity contribution in [2.75, 3.05) is 6.61 Å². The molecule has 2 nitrogen and oxygen atoms in total. The first-order chi connectivity index (χ1) is 9.16. The second-order valence-corrected chi connectivity index (χ2v) is 5.67. The smallest absolute Gasteiger partial charge is 0.123 e. The van der Waals surface area contributed by atoms with Crippen molar-refractivity contribution in [2.45, 2.75) is 51.2 Å². The topological polar surface area (TPSA) is 35.2 Å². The number of nitrogens with two attached hydrogens (primary N) is 1. The molecule has 1 fully saturated rings. The number of hydrogen-bond donors (Lipinski definition) is 1. The van der Waals surface area contributed by atoms with Crippen molar-refractivity contribution in [2.24, 2.45) is 11.7 Å². The van der Waals surface area contributed by atoms with Crippen molar-refractivity contribution in [3.63, 3.8) is 0 Å². The zero-order valence-corrected chi connectivity index (χ0v) is 11.6. The van der Waals surface area contributed by atoms with Gasteiger partial charge in [0.2, 0.25) is 0 Å². The molecule has 0 saturated heterocycles. The molecule has 3 heteroatoms. The number of rotatable bonds is 5. The zero-order valence-electron chi connectivity index (χ0n) is 11.6. The van der Waals surface area contributed by atoms with Crippen LogP contribution in [0.5, 0.6) is 0 Å². The summed E-state index contributed by atoms with van der Waals surface area (Å²) in [5, 5.41) is 0. The molecule has 0 heterocycles. The van der Waals surface area contributed by atoms with E-state index < -0.39 is 0 Å². The predicted octanol–water partition coefficient (Wildman–Crippen LogP) is 3.81. The Morgan fingerprint density at radius 3 is 2.42 bits per heavy atom. The van der Waals surface area contributed by atoms with Crippen molar-refractivity contribution in [3.05, 3.63) is 35.6 Å². The van der Waals surface area contributed by atoms with Crippen molar-refractivity contribution in [1.29, 1.82) is 0 Å². The molecule has 0 aliphatic heterocycles. The van der Waals surface area contributed by atoms with Crippen molar-refractivity contribution in [3.8, 4) is 0 Å². The maximum atomic E-state index is 13.0. The highest BCUT2D eigenvalue weighted by Gasteiger charge is 2.20. The predicted molar refractivity (Wildman–Crippen MR) is 75.3 cm³/mol. The zero-order chi connectivity index (χ0) is 13.7. The molecule has 1 aromatic rings. The molecule has 2 unspecified atom stereocenters. The van der Waals surface area contributed by atoms with E-state index in [1.807, 2.05) is 6.92 Å². The molecule has 1 saturated carbocycles. The first-order valence-electron chi connectivity index (χ1n) is 7.29. The fourth-order valence-corrected chi connectivity index (χ4v) is 2.80. The van der Waals surface area contributed by atoms with Crippen LogP contribution >= 0.6 is 0 Å². The van der Waals surface area contributed by atoms with E-state index in [0.29, 0.717) is 5.92 Å². The summed E-state index contributed by atoms with van der Waals surface area (Å²) in [5.74, 6) is 0.440. The van der Waals surface area contributed by atoms with E-state index in [1.165, 1.54) is 44.2 Å². The molecule has 0 aromatic heterocycles. The summed E-state index contributed by atoms with van der Waals surface area (Å²) in [6.07, 6.45) is 6.36. The molecule has 0 amide bonds. The third-order valence-corrected chi connectivity index (χ3v) is 3.91. The summed E-state index contributed by atoms with van der Waals surface area (Å²) in [5.41, 5.74) is 6.97. The van der Waals surface area contributed by atoms with E-state index in [2.05, 4.69) is 0 Å². The van der Waals surface area contributed by atoms with Gasteiger partial charge in [-0.05, 0) is 43.4 Å². The summed E-state index contributed by atoms with van der Waals surface area (Å²) in [6.45, 7) is 2.71. The number of hydrogen-bond acceptors (Lipinski definition) is 2. The van der Waals surface area contributed by atoms with Crippen molar-refractivity contribution >= 4 is 0 Å². The van der Waals surface area contributed by atoms with Gasteiger partial charge in [-0.1, -0.05) is 31.4 Å². The fourth-order valence-electron chi connectivity index (χ4n) is 2.80. The van der Waals surface area contributed by atoms with E-state index >= 15 is 0 Å². The lowest BCUT2D eigenvalue weighted by molar-refractivity contribution is 0.00819. The fraction of sp³-hybridized carbons (Fsp3) is 0.625. The van der Waals surface area contributed by atoms with Gasteiger partial charge in [-0.25, -0.2) is 4.39 Å². The largest absolute Gasteiger partial charge is 0.372 e. The van der Waals surface area contributed by atoms with Crippen LogP contribution in [0.15, 0.2) is 24.3 Å². The highest BCUT2D eigenvalue weighted by atomic mass is 19.1. The Labute approximate surface area is 115 Å². The highest BCUT2D eigenvalue weighted by Crippen LogP contribution is 2.27. The number of halogens is 1. The van der Waals surface area contributed by atoms with Crippen molar-refractivity contribution < 1.29 is 9.13 Å². The van der Waals surface area contributed by atoms with Crippen LogP contribution in [0.3, 0.4) is 0 Å². The number of ether oxygens (including phenoxy) is 1. The Morgan fingerprint density at radius 1 is 1.21 bits per heavy atom. The van der Waals surface area contributed by atoms with Gasteiger partial charge in [0.1, 0.15) is 5.82 Å². The van der Waals surface area contributed by atoms with Crippen LogP contribution in [0.4, 0.5) is 4.39 Å². The lowest BCUT2D eigenvalue weighted by Crippen LogP contribution is -2.29. The van der Waals surface area contributed by atoms with Gasteiger partial charge >= 0.3 is 0 Å². The quantitative estimate of drug-likeness (QED) is 0.878. The second kappa shape index (κ2) is 7.01. The average molecular weight is 265 g/mol. The summed E-state index contributed by atoms with van der Waals surface area (Å²) < 4.78 is 19.0. The van der Waals surface area contributed by atoms with Gasteiger partial charge in [-0.3, -0.25) is 0 Å². The minimum Gasteiger partial charge on any atom is -0.372 e. The van der Waals surface area contributed by atoms with Gasteiger partial charge in [0.05, 0.1) is 12.7 Å². The maximum Gasteiger partial charge on any atom is 0.123 e. The molecule has 1 aliphatic rings. The third-order valence-electron chi connectivity index (χ3n) is 3.91. The molecule has 1 aliphatic carbocycles. The maximum absolute atomic E-state index is 13.0. The van der Waals surface area contributed by atoms with Crippen LogP contribution in [-0.2, 0) is 4.74 Å². The van der Waals surface area contributed by atoms with Crippen LogP contribution in [-0.4, -0.2) is 12.6 Å². The number of benzene rings is 1.